The second kappa shape index (κ2) is 6.70. The Balaban J connectivity index is 1.90. The normalized spacial score (nSPS) is 16.6. The van der Waals surface area contributed by atoms with Gasteiger partial charge in [0.05, 0.1) is 5.41 Å². The van der Waals surface area contributed by atoms with Crippen LogP contribution in [0.15, 0.2) is 35.7 Å². The summed E-state index contributed by atoms with van der Waals surface area (Å²) in [6, 6.07) is 9.10. The Labute approximate surface area is 119 Å². The van der Waals surface area contributed by atoms with Crippen LogP contribution in [0.3, 0.4) is 0 Å². The third-order valence-electron chi connectivity index (χ3n) is 3.44. The van der Waals surface area contributed by atoms with E-state index in [-0.39, 0.29) is 0 Å². The minimum atomic E-state index is -3.70. The lowest BCUT2D eigenvalue weighted by Crippen LogP contribution is -2.29. The smallest absolute Gasteiger partial charge is 0.257 e. The number of nitrogens with one attached hydrogen (secondary N) is 1. The molecule has 5 heteroatoms. The van der Waals surface area contributed by atoms with Crippen molar-refractivity contribution in [3.8, 4) is 0 Å². The van der Waals surface area contributed by atoms with Crippen LogP contribution in [-0.2, 0) is 14.8 Å². The molecule has 0 unspecified atom stereocenters. The number of amides is 1. The molecule has 2 rings (SSSR count). The van der Waals surface area contributed by atoms with Crippen molar-refractivity contribution in [1.29, 1.82) is 0 Å². The van der Waals surface area contributed by atoms with E-state index >= 15 is 0 Å². The summed E-state index contributed by atoms with van der Waals surface area (Å²) in [6.45, 7) is 0. The Hall–Kier alpha value is -1.62. The average molecular weight is 293 g/mol. The first-order chi connectivity index (χ1) is 9.55. The number of benzene rings is 1. The molecule has 1 aromatic rings. The number of hydrogen-bond acceptors (Lipinski definition) is 3. The van der Waals surface area contributed by atoms with Gasteiger partial charge in [-0.25, -0.2) is 13.1 Å². The highest BCUT2D eigenvalue weighted by atomic mass is 32.2. The van der Waals surface area contributed by atoms with Crippen molar-refractivity contribution in [3.05, 3.63) is 41.3 Å². The fourth-order valence-corrected chi connectivity index (χ4v) is 3.25. The summed E-state index contributed by atoms with van der Waals surface area (Å²) in [4.78, 5) is 11.7. The van der Waals surface area contributed by atoms with Crippen molar-refractivity contribution in [2.24, 2.45) is 5.92 Å². The third-order valence-corrected chi connectivity index (χ3v) is 4.45. The van der Waals surface area contributed by atoms with E-state index in [1.807, 2.05) is 18.2 Å². The summed E-state index contributed by atoms with van der Waals surface area (Å²) < 4.78 is 25.6. The third kappa shape index (κ3) is 4.81. The summed E-state index contributed by atoms with van der Waals surface area (Å²) in [6.07, 6.45) is 6.10. The van der Waals surface area contributed by atoms with Crippen molar-refractivity contribution in [2.45, 2.75) is 32.1 Å². The lowest BCUT2D eigenvalue weighted by molar-refractivity contribution is -0.120. The number of sulfonamides is 1. The predicted octanol–water partition coefficient (Wildman–Crippen LogP) is 2.68. The summed E-state index contributed by atoms with van der Waals surface area (Å²) in [7, 11) is -3.70. The average Bonchev–Trinajstić information content (AvgIpc) is 2.90. The first kappa shape index (κ1) is 14.8. The van der Waals surface area contributed by atoms with E-state index in [0.29, 0.717) is 12.3 Å². The van der Waals surface area contributed by atoms with Gasteiger partial charge in [-0.1, -0.05) is 43.2 Å². The molecule has 1 fully saturated rings. The van der Waals surface area contributed by atoms with E-state index in [1.54, 1.807) is 12.1 Å². The fourth-order valence-electron chi connectivity index (χ4n) is 2.44. The molecule has 1 aliphatic rings. The fraction of sp³-hybridized carbons (Fsp3) is 0.400. The molecule has 0 atom stereocenters. The minimum absolute atomic E-state index is 0.304. The molecule has 1 aromatic carbocycles. The summed E-state index contributed by atoms with van der Waals surface area (Å²) in [5, 5.41) is 1.04. The minimum Gasteiger partial charge on any atom is -0.274 e. The topological polar surface area (TPSA) is 63.2 Å². The molecule has 1 aliphatic carbocycles. The van der Waals surface area contributed by atoms with Crippen molar-refractivity contribution in [2.75, 3.05) is 0 Å². The van der Waals surface area contributed by atoms with Crippen LogP contribution in [0.5, 0.6) is 0 Å². The lowest BCUT2D eigenvalue weighted by atomic mass is 10.0. The molecule has 0 aliphatic heterocycles. The molecule has 0 radical (unpaired) electrons. The summed E-state index contributed by atoms with van der Waals surface area (Å²) >= 11 is 0. The van der Waals surface area contributed by atoms with Gasteiger partial charge in [-0.15, -0.1) is 0 Å². The molecular formula is C15H19NO3S. The number of hydrogen-bond donors (Lipinski definition) is 1. The van der Waals surface area contributed by atoms with Crippen LogP contribution < -0.4 is 4.72 Å². The maximum absolute atomic E-state index is 11.8. The largest absolute Gasteiger partial charge is 0.274 e. The van der Waals surface area contributed by atoms with Gasteiger partial charge < -0.3 is 0 Å². The highest BCUT2D eigenvalue weighted by molar-refractivity contribution is 7.93. The van der Waals surface area contributed by atoms with E-state index < -0.39 is 15.9 Å². The van der Waals surface area contributed by atoms with Gasteiger partial charge >= 0.3 is 0 Å². The van der Waals surface area contributed by atoms with Gasteiger partial charge in [0.25, 0.3) is 10.0 Å². The predicted molar refractivity (Wildman–Crippen MR) is 79.1 cm³/mol. The van der Waals surface area contributed by atoms with E-state index in [4.69, 9.17) is 0 Å². The van der Waals surface area contributed by atoms with E-state index in [0.717, 1.165) is 36.7 Å². The molecule has 4 nitrogen and oxygen atoms in total. The zero-order valence-electron chi connectivity index (χ0n) is 11.3. The number of carbonyl (C=O) groups is 1. The SMILES string of the molecule is O=C(CC1CCCC1)NS(=O)(=O)/C=C/c1ccccc1. The molecule has 20 heavy (non-hydrogen) atoms. The zero-order chi connectivity index (χ0) is 14.4. The Bertz CT molecular complexity index is 572. The molecule has 0 spiro atoms. The van der Waals surface area contributed by atoms with E-state index in [2.05, 4.69) is 4.72 Å². The van der Waals surface area contributed by atoms with Gasteiger partial charge in [0.2, 0.25) is 5.91 Å². The van der Waals surface area contributed by atoms with Gasteiger partial charge in [0.15, 0.2) is 0 Å². The Morgan fingerprint density at radius 2 is 1.85 bits per heavy atom. The van der Waals surface area contributed by atoms with Crippen molar-refractivity contribution in [1.82, 2.24) is 4.72 Å². The number of rotatable bonds is 5. The molecule has 0 bridgehead atoms. The van der Waals surface area contributed by atoms with Crippen LogP contribution in [0.1, 0.15) is 37.7 Å². The van der Waals surface area contributed by atoms with Gasteiger partial charge in [-0.2, -0.15) is 0 Å². The van der Waals surface area contributed by atoms with Gasteiger partial charge in [-0.05, 0) is 30.4 Å². The van der Waals surface area contributed by atoms with Crippen molar-refractivity contribution in [3.63, 3.8) is 0 Å². The van der Waals surface area contributed by atoms with Gasteiger partial charge in [-0.3, -0.25) is 4.79 Å². The van der Waals surface area contributed by atoms with E-state index in [1.165, 1.54) is 6.08 Å². The second-order valence-electron chi connectivity index (χ2n) is 5.14. The molecule has 1 amide bonds. The lowest BCUT2D eigenvalue weighted by Gasteiger charge is -2.08. The Kier molecular flexibility index (Phi) is 4.95. The van der Waals surface area contributed by atoms with Crippen LogP contribution in [-0.4, -0.2) is 14.3 Å². The van der Waals surface area contributed by atoms with E-state index in [9.17, 15) is 13.2 Å². The zero-order valence-corrected chi connectivity index (χ0v) is 12.1. The summed E-state index contributed by atoms with van der Waals surface area (Å²) in [5.74, 6) is -0.0714. The van der Waals surface area contributed by atoms with Crippen LogP contribution in [0, 0.1) is 5.92 Å². The first-order valence-electron chi connectivity index (χ1n) is 6.84. The van der Waals surface area contributed by atoms with Crippen molar-refractivity contribution >= 4 is 22.0 Å². The maximum atomic E-state index is 11.8. The van der Waals surface area contributed by atoms with Crippen molar-refractivity contribution < 1.29 is 13.2 Å². The standard InChI is InChI=1S/C15H19NO3S/c17-15(12-14-8-4-5-9-14)16-20(18,19)11-10-13-6-2-1-3-7-13/h1-3,6-7,10-11,14H,4-5,8-9,12H2,(H,16,17)/b11-10+. The molecule has 1 saturated carbocycles. The van der Waals surface area contributed by atoms with Crippen LogP contribution in [0.25, 0.3) is 6.08 Å². The molecule has 0 heterocycles. The molecular weight excluding hydrogens is 274 g/mol. The highest BCUT2D eigenvalue weighted by Gasteiger charge is 2.20. The molecule has 1 N–H and O–H groups in total. The van der Waals surface area contributed by atoms with Crippen LogP contribution in [0.4, 0.5) is 0 Å². The quantitative estimate of drug-likeness (QED) is 0.908. The Morgan fingerprint density at radius 1 is 1.20 bits per heavy atom. The molecule has 108 valence electrons. The number of carbonyl (C=O) groups excluding carboxylic acids is 1. The molecule has 0 aromatic heterocycles. The highest BCUT2D eigenvalue weighted by Crippen LogP contribution is 2.27. The maximum Gasteiger partial charge on any atom is 0.257 e. The first-order valence-corrected chi connectivity index (χ1v) is 8.38. The summed E-state index contributed by atoms with van der Waals surface area (Å²) in [5.41, 5.74) is 0.779. The van der Waals surface area contributed by atoms with Crippen LogP contribution in [0.2, 0.25) is 0 Å². The Morgan fingerprint density at radius 3 is 2.50 bits per heavy atom. The second-order valence-corrected chi connectivity index (χ2v) is 6.70. The monoisotopic (exact) mass is 293 g/mol. The molecule has 0 saturated heterocycles. The van der Waals surface area contributed by atoms with Crippen LogP contribution >= 0.6 is 0 Å². The van der Waals surface area contributed by atoms with Gasteiger partial charge in [0, 0.05) is 6.42 Å². The van der Waals surface area contributed by atoms with Gasteiger partial charge in [0.1, 0.15) is 0 Å².